The van der Waals surface area contributed by atoms with Gasteiger partial charge >= 0.3 is 0 Å². The maximum atomic E-state index is 12.0. The van der Waals surface area contributed by atoms with E-state index in [9.17, 15) is 4.79 Å². The highest BCUT2D eigenvalue weighted by molar-refractivity contribution is 5.95. The van der Waals surface area contributed by atoms with E-state index in [4.69, 9.17) is 4.42 Å². The second kappa shape index (κ2) is 7.45. The van der Waals surface area contributed by atoms with Gasteiger partial charge in [0, 0.05) is 24.3 Å². The summed E-state index contributed by atoms with van der Waals surface area (Å²) in [6.07, 6.45) is 1.48. The van der Waals surface area contributed by atoms with Crippen molar-refractivity contribution in [1.29, 1.82) is 0 Å². The summed E-state index contributed by atoms with van der Waals surface area (Å²) in [6, 6.07) is 11.1. The number of carbonyl (C=O) groups excluding carboxylic acids is 1. The van der Waals surface area contributed by atoms with Gasteiger partial charge in [-0.2, -0.15) is 5.10 Å². The molecule has 1 aromatic carbocycles. The fourth-order valence-electron chi connectivity index (χ4n) is 2.15. The third-order valence-corrected chi connectivity index (χ3v) is 3.38. The van der Waals surface area contributed by atoms with Gasteiger partial charge in [-0.25, -0.2) is 5.43 Å². The van der Waals surface area contributed by atoms with Gasteiger partial charge in [0.25, 0.3) is 5.91 Å². The quantitative estimate of drug-likeness (QED) is 0.658. The van der Waals surface area contributed by atoms with E-state index in [-0.39, 0.29) is 5.91 Å². The lowest BCUT2D eigenvalue weighted by molar-refractivity contribution is 0.0955. The highest BCUT2D eigenvalue weighted by Crippen LogP contribution is 2.14. The molecule has 0 aliphatic heterocycles. The Kier molecular flexibility index (Phi) is 5.36. The normalized spacial score (nSPS) is 10.9. The number of nitrogens with one attached hydrogen (secondary N) is 1. The molecule has 2 aromatic rings. The Morgan fingerprint density at radius 3 is 2.41 bits per heavy atom. The molecule has 1 heterocycles. The summed E-state index contributed by atoms with van der Waals surface area (Å²) in [7, 11) is 0. The molecule has 5 heteroatoms. The fraction of sp³-hybridized carbons (Fsp3) is 0.294. The summed E-state index contributed by atoms with van der Waals surface area (Å²) in [4.78, 5) is 14.2. The topological polar surface area (TPSA) is 57.8 Å². The van der Waals surface area contributed by atoms with Crippen molar-refractivity contribution in [3.8, 4) is 0 Å². The molecule has 0 saturated carbocycles. The van der Waals surface area contributed by atoms with E-state index in [1.54, 1.807) is 18.2 Å². The number of furan rings is 1. The first-order valence-electron chi connectivity index (χ1n) is 7.39. The molecule has 1 N–H and O–H groups in total. The van der Waals surface area contributed by atoms with Crippen LogP contribution in [0.1, 0.15) is 35.7 Å². The Hall–Kier alpha value is -2.56. The number of hydrogen-bond donors (Lipinski definition) is 1. The largest absolute Gasteiger partial charge is 0.460 e. The number of rotatable bonds is 6. The molecule has 0 atom stereocenters. The number of carbonyl (C=O) groups is 1. The molecule has 0 aliphatic carbocycles. The average Bonchev–Trinajstić information content (AvgIpc) is 2.94. The van der Waals surface area contributed by atoms with Crippen molar-refractivity contribution in [2.45, 2.75) is 20.8 Å². The summed E-state index contributed by atoms with van der Waals surface area (Å²) < 4.78 is 5.33. The molecule has 0 spiro atoms. The summed E-state index contributed by atoms with van der Waals surface area (Å²) in [6.45, 7) is 7.95. The van der Waals surface area contributed by atoms with Gasteiger partial charge in [0.15, 0.2) is 0 Å². The Bertz CT molecular complexity index is 640. The highest BCUT2D eigenvalue weighted by atomic mass is 16.3. The molecule has 0 radical (unpaired) electrons. The van der Waals surface area contributed by atoms with Crippen LogP contribution in [0.4, 0.5) is 5.69 Å². The van der Waals surface area contributed by atoms with Crippen LogP contribution >= 0.6 is 0 Å². The van der Waals surface area contributed by atoms with Crippen molar-refractivity contribution in [3.05, 3.63) is 53.5 Å². The molecule has 0 unspecified atom stereocenters. The van der Waals surface area contributed by atoms with E-state index in [0.717, 1.165) is 24.5 Å². The SMILES string of the molecule is CCN(CC)c1ccc(C(=O)N/N=C\c2ccc(C)o2)cc1. The standard InChI is InChI=1S/C17H21N3O2/c1-4-20(5-2)15-9-7-14(8-10-15)17(21)19-18-12-16-11-6-13(3)22-16/h6-12H,4-5H2,1-3H3,(H,19,21)/b18-12-. The zero-order chi connectivity index (χ0) is 15.9. The minimum atomic E-state index is -0.245. The van der Waals surface area contributed by atoms with Crippen LogP contribution in [0.25, 0.3) is 0 Å². The molecule has 0 aliphatic rings. The lowest BCUT2D eigenvalue weighted by Gasteiger charge is -2.20. The lowest BCUT2D eigenvalue weighted by Crippen LogP contribution is -2.22. The summed E-state index contributed by atoms with van der Waals surface area (Å²) in [5.41, 5.74) is 4.17. The van der Waals surface area contributed by atoms with Gasteiger partial charge in [-0.3, -0.25) is 4.79 Å². The maximum Gasteiger partial charge on any atom is 0.271 e. The van der Waals surface area contributed by atoms with Crippen molar-refractivity contribution in [1.82, 2.24) is 5.43 Å². The van der Waals surface area contributed by atoms with E-state index in [1.165, 1.54) is 6.21 Å². The molecule has 0 bridgehead atoms. The van der Waals surface area contributed by atoms with Crippen molar-refractivity contribution in [3.63, 3.8) is 0 Å². The first kappa shape index (κ1) is 15.8. The molecule has 22 heavy (non-hydrogen) atoms. The molecule has 5 nitrogen and oxygen atoms in total. The van der Waals surface area contributed by atoms with Crippen LogP contribution in [0, 0.1) is 6.92 Å². The molecule has 116 valence electrons. The first-order valence-corrected chi connectivity index (χ1v) is 7.39. The molecule has 2 rings (SSSR count). The number of amides is 1. The summed E-state index contributed by atoms with van der Waals surface area (Å²) >= 11 is 0. The second-order valence-corrected chi connectivity index (χ2v) is 4.87. The predicted molar refractivity (Wildman–Crippen MR) is 88.5 cm³/mol. The highest BCUT2D eigenvalue weighted by Gasteiger charge is 2.06. The van der Waals surface area contributed by atoms with E-state index >= 15 is 0 Å². The smallest absolute Gasteiger partial charge is 0.271 e. The number of hydrazone groups is 1. The Morgan fingerprint density at radius 1 is 1.18 bits per heavy atom. The van der Waals surface area contributed by atoms with Gasteiger partial charge in [0.05, 0.1) is 6.21 Å². The first-order chi connectivity index (χ1) is 10.6. The van der Waals surface area contributed by atoms with Crippen molar-refractivity contribution in [2.75, 3.05) is 18.0 Å². The maximum absolute atomic E-state index is 12.0. The molecule has 0 saturated heterocycles. The molecule has 0 fully saturated rings. The Labute approximate surface area is 130 Å². The average molecular weight is 299 g/mol. The van der Waals surface area contributed by atoms with Gasteiger partial charge in [-0.15, -0.1) is 0 Å². The summed E-state index contributed by atoms with van der Waals surface area (Å²) in [5, 5.41) is 3.89. The van der Waals surface area contributed by atoms with E-state index in [2.05, 4.69) is 29.3 Å². The van der Waals surface area contributed by atoms with Crippen LogP contribution in [0.5, 0.6) is 0 Å². The Balaban J connectivity index is 1.96. The Morgan fingerprint density at radius 2 is 1.86 bits per heavy atom. The lowest BCUT2D eigenvalue weighted by atomic mass is 10.2. The van der Waals surface area contributed by atoms with Crippen LogP contribution in [0.3, 0.4) is 0 Å². The molecule has 1 aromatic heterocycles. The van der Waals surface area contributed by atoms with Gasteiger partial charge in [0.1, 0.15) is 11.5 Å². The second-order valence-electron chi connectivity index (χ2n) is 4.87. The van der Waals surface area contributed by atoms with E-state index in [1.807, 2.05) is 25.1 Å². The van der Waals surface area contributed by atoms with Crippen molar-refractivity contribution in [2.24, 2.45) is 5.10 Å². The van der Waals surface area contributed by atoms with Crippen molar-refractivity contribution >= 4 is 17.8 Å². The summed E-state index contributed by atoms with van der Waals surface area (Å²) in [5.74, 6) is 1.17. The third-order valence-electron chi connectivity index (χ3n) is 3.38. The van der Waals surface area contributed by atoms with E-state index in [0.29, 0.717) is 11.3 Å². The minimum Gasteiger partial charge on any atom is -0.460 e. The zero-order valence-electron chi connectivity index (χ0n) is 13.2. The third kappa shape index (κ3) is 3.97. The molecule has 1 amide bonds. The number of anilines is 1. The van der Waals surface area contributed by atoms with Crippen LogP contribution in [-0.4, -0.2) is 25.2 Å². The van der Waals surface area contributed by atoms with Gasteiger partial charge in [-0.05, 0) is 57.2 Å². The molecular weight excluding hydrogens is 278 g/mol. The number of hydrogen-bond acceptors (Lipinski definition) is 4. The number of aryl methyl sites for hydroxylation is 1. The van der Waals surface area contributed by atoms with Gasteiger partial charge in [0.2, 0.25) is 0 Å². The van der Waals surface area contributed by atoms with Gasteiger partial charge in [-0.1, -0.05) is 0 Å². The van der Waals surface area contributed by atoms with Crippen LogP contribution < -0.4 is 10.3 Å². The van der Waals surface area contributed by atoms with Crippen molar-refractivity contribution < 1.29 is 9.21 Å². The van der Waals surface area contributed by atoms with Gasteiger partial charge < -0.3 is 9.32 Å². The van der Waals surface area contributed by atoms with Crippen LogP contribution in [-0.2, 0) is 0 Å². The minimum absolute atomic E-state index is 0.245. The molecular formula is C17H21N3O2. The monoisotopic (exact) mass is 299 g/mol. The van der Waals surface area contributed by atoms with Crippen LogP contribution in [0.2, 0.25) is 0 Å². The number of benzene rings is 1. The number of nitrogens with zero attached hydrogens (tertiary/aromatic N) is 2. The van der Waals surface area contributed by atoms with Crippen LogP contribution in [0.15, 0.2) is 45.9 Å². The zero-order valence-corrected chi connectivity index (χ0v) is 13.2. The van der Waals surface area contributed by atoms with E-state index < -0.39 is 0 Å². The fourth-order valence-corrected chi connectivity index (χ4v) is 2.15. The predicted octanol–water partition coefficient (Wildman–Crippen LogP) is 3.20.